The summed E-state index contributed by atoms with van der Waals surface area (Å²) in [6, 6.07) is 20.3. The van der Waals surface area contributed by atoms with Gasteiger partial charge in [0.1, 0.15) is 0 Å². The first-order valence-corrected chi connectivity index (χ1v) is 16.7. The summed E-state index contributed by atoms with van der Waals surface area (Å²) >= 11 is 12.8. The van der Waals surface area contributed by atoms with E-state index in [9.17, 15) is 13.2 Å². The van der Waals surface area contributed by atoms with E-state index in [1.54, 1.807) is 17.5 Å². The van der Waals surface area contributed by atoms with Gasteiger partial charge in [0.25, 0.3) is 0 Å². The maximum atomic E-state index is 14.9. The number of piperidine rings is 1. The molecule has 4 atom stereocenters. The molecule has 0 radical (unpaired) electrons. The molecular weight excluding hydrogens is 593 g/mol. The molecule has 3 heterocycles. The lowest BCUT2D eigenvalue weighted by atomic mass is 9.66. The number of likely N-dealkylation sites (tertiary alicyclic amines) is 1. The normalized spacial score (nSPS) is 25.0. The number of methoxy groups -OCH3 is 1. The zero-order chi connectivity index (χ0) is 30.1. The zero-order valence-corrected chi connectivity index (χ0v) is 26.5. The lowest BCUT2D eigenvalue weighted by molar-refractivity contribution is -0.155. The lowest BCUT2D eigenvalue weighted by Crippen LogP contribution is -2.58. The molecule has 0 saturated carbocycles. The fourth-order valence-electron chi connectivity index (χ4n) is 6.56. The van der Waals surface area contributed by atoms with Gasteiger partial charge < -0.3 is 9.64 Å². The Labute approximate surface area is 258 Å². The minimum absolute atomic E-state index is 0.0196. The second kappa shape index (κ2) is 12.5. The van der Waals surface area contributed by atoms with Crippen molar-refractivity contribution in [2.75, 3.05) is 26.0 Å². The maximum absolute atomic E-state index is 14.9. The molecule has 0 aliphatic carbocycles. The largest absolute Gasteiger partial charge is 0.481 e. The highest BCUT2D eigenvalue weighted by molar-refractivity contribution is 7.89. The van der Waals surface area contributed by atoms with Gasteiger partial charge in [0.05, 0.1) is 24.3 Å². The zero-order valence-electron chi connectivity index (χ0n) is 24.2. The van der Waals surface area contributed by atoms with E-state index in [4.69, 9.17) is 27.9 Å². The Bertz CT molecular complexity index is 1530. The van der Waals surface area contributed by atoms with E-state index in [0.29, 0.717) is 48.2 Å². The van der Waals surface area contributed by atoms with Crippen LogP contribution < -0.4 is 4.74 Å². The summed E-state index contributed by atoms with van der Waals surface area (Å²) in [7, 11) is -1.78. The summed E-state index contributed by atoms with van der Waals surface area (Å²) in [5.41, 5.74) is 1.90. The molecule has 2 aliphatic rings. The van der Waals surface area contributed by atoms with Gasteiger partial charge in [-0.2, -0.15) is 4.31 Å². The number of carbonyl (C=O) groups is 1. The standard InChI is InChI=1S/C32H37Cl2N3O4S/c1-4-27(21-36-16-7-17-42(36,39)40)37-30(22-12-14-24(33)15-13-22)28(23-8-5-9-25(34)18-23)20-32(2,31(37)38)19-26-10-6-11-29(35-26)41-3/h5-6,8-15,18,27-28,30H,4,7,16-17,19-21H2,1-3H3/t27?,28-,30-,32-/m1/s1. The number of ether oxygens (including phenoxy) is 1. The number of benzene rings is 2. The highest BCUT2D eigenvalue weighted by Gasteiger charge is 2.52. The van der Waals surface area contributed by atoms with Crippen LogP contribution in [0, 0.1) is 5.41 Å². The molecule has 5 rings (SSSR count). The smallest absolute Gasteiger partial charge is 0.229 e. The number of pyridine rings is 1. The van der Waals surface area contributed by atoms with Gasteiger partial charge in [-0.3, -0.25) is 4.79 Å². The van der Waals surface area contributed by atoms with E-state index >= 15 is 0 Å². The monoisotopic (exact) mass is 629 g/mol. The Morgan fingerprint density at radius 2 is 1.79 bits per heavy atom. The van der Waals surface area contributed by atoms with Crippen LogP contribution in [0.3, 0.4) is 0 Å². The Morgan fingerprint density at radius 1 is 1.05 bits per heavy atom. The van der Waals surface area contributed by atoms with E-state index < -0.39 is 15.4 Å². The second-order valence-electron chi connectivity index (χ2n) is 11.6. The summed E-state index contributed by atoms with van der Waals surface area (Å²) in [6.45, 7) is 4.74. The average Bonchev–Trinajstić information content (AvgIpc) is 3.31. The Morgan fingerprint density at radius 3 is 2.43 bits per heavy atom. The highest BCUT2D eigenvalue weighted by Crippen LogP contribution is 2.52. The molecule has 42 heavy (non-hydrogen) atoms. The third-order valence-electron chi connectivity index (χ3n) is 8.63. The van der Waals surface area contributed by atoms with Crippen LogP contribution in [0.25, 0.3) is 0 Å². The number of halogens is 2. The van der Waals surface area contributed by atoms with Crippen LogP contribution in [0.4, 0.5) is 0 Å². The van der Waals surface area contributed by atoms with Crippen LogP contribution in [0.5, 0.6) is 5.88 Å². The first-order chi connectivity index (χ1) is 20.0. The second-order valence-corrected chi connectivity index (χ2v) is 14.5. The minimum atomic E-state index is -3.36. The van der Waals surface area contributed by atoms with Crippen molar-refractivity contribution in [2.24, 2.45) is 5.41 Å². The quantitative estimate of drug-likeness (QED) is 0.269. The molecule has 7 nitrogen and oxygen atoms in total. The Hall–Kier alpha value is -2.65. The van der Waals surface area contributed by atoms with Gasteiger partial charge in [0, 0.05) is 53.3 Å². The molecule has 0 bridgehead atoms. The van der Waals surface area contributed by atoms with Crippen LogP contribution in [-0.4, -0.2) is 60.5 Å². The number of sulfonamides is 1. The van der Waals surface area contributed by atoms with E-state index in [-0.39, 0.29) is 36.2 Å². The summed E-state index contributed by atoms with van der Waals surface area (Å²) in [6.07, 6.45) is 2.14. The van der Waals surface area contributed by atoms with Crippen molar-refractivity contribution in [1.82, 2.24) is 14.2 Å². The summed E-state index contributed by atoms with van der Waals surface area (Å²) < 4.78 is 32.7. The van der Waals surface area contributed by atoms with Gasteiger partial charge in [0.2, 0.25) is 21.8 Å². The fourth-order valence-corrected chi connectivity index (χ4v) is 8.45. The third kappa shape index (κ3) is 6.32. The SMILES string of the molecule is CCC(CN1CCCS1(=O)=O)N1C(=O)[C@](C)(Cc2cccc(OC)n2)C[C@H](c2cccc(Cl)c2)[C@H]1c1ccc(Cl)cc1. The van der Waals surface area contributed by atoms with Crippen LogP contribution in [0.2, 0.25) is 10.0 Å². The van der Waals surface area contributed by atoms with E-state index in [2.05, 4.69) is 11.1 Å². The van der Waals surface area contributed by atoms with Crippen LogP contribution >= 0.6 is 23.2 Å². The molecule has 2 aliphatic heterocycles. The first kappa shape index (κ1) is 30.8. The molecule has 10 heteroatoms. The number of rotatable bonds is 9. The highest BCUT2D eigenvalue weighted by atomic mass is 35.5. The van der Waals surface area contributed by atoms with E-state index in [0.717, 1.165) is 16.8 Å². The Balaban J connectivity index is 1.65. The predicted molar refractivity (Wildman–Crippen MR) is 167 cm³/mol. The third-order valence-corrected chi connectivity index (χ3v) is 11.0. The molecule has 3 aromatic rings. The number of carbonyl (C=O) groups excluding carboxylic acids is 1. The van der Waals surface area contributed by atoms with Gasteiger partial charge in [-0.25, -0.2) is 13.4 Å². The first-order valence-electron chi connectivity index (χ1n) is 14.4. The molecule has 224 valence electrons. The molecule has 1 amide bonds. The fraction of sp³-hybridized carbons (Fsp3) is 0.438. The van der Waals surface area contributed by atoms with Crippen molar-refractivity contribution in [1.29, 1.82) is 0 Å². The molecular formula is C32H37Cl2N3O4S. The van der Waals surface area contributed by atoms with Crippen molar-refractivity contribution in [3.8, 4) is 5.88 Å². The summed E-state index contributed by atoms with van der Waals surface area (Å²) in [5.74, 6) is 0.492. The van der Waals surface area contributed by atoms with Gasteiger partial charge in [-0.15, -0.1) is 0 Å². The van der Waals surface area contributed by atoms with Gasteiger partial charge in [-0.1, -0.05) is 67.4 Å². The van der Waals surface area contributed by atoms with Crippen LogP contribution in [0.15, 0.2) is 66.7 Å². The average molecular weight is 631 g/mol. The van der Waals surface area contributed by atoms with Gasteiger partial charge >= 0.3 is 0 Å². The summed E-state index contributed by atoms with van der Waals surface area (Å²) in [4.78, 5) is 21.5. The van der Waals surface area contributed by atoms with Crippen LogP contribution in [0.1, 0.15) is 61.9 Å². The van der Waals surface area contributed by atoms with Crippen molar-refractivity contribution in [2.45, 2.75) is 57.5 Å². The maximum Gasteiger partial charge on any atom is 0.229 e. The molecule has 0 N–H and O–H groups in total. The van der Waals surface area contributed by atoms with Crippen molar-refractivity contribution in [3.05, 3.63) is 93.6 Å². The van der Waals surface area contributed by atoms with Crippen molar-refractivity contribution >= 4 is 39.1 Å². The van der Waals surface area contributed by atoms with E-state index in [1.807, 2.05) is 73.3 Å². The summed E-state index contributed by atoms with van der Waals surface area (Å²) in [5, 5.41) is 1.23. The molecule has 2 saturated heterocycles. The molecule has 2 aromatic carbocycles. The topological polar surface area (TPSA) is 79.8 Å². The predicted octanol–water partition coefficient (Wildman–Crippen LogP) is 6.52. The van der Waals surface area contributed by atoms with Gasteiger partial charge in [0.15, 0.2) is 0 Å². The van der Waals surface area contributed by atoms with Gasteiger partial charge in [-0.05, 0) is 60.7 Å². The number of amides is 1. The number of nitrogens with zero attached hydrogens (tertiary/aromatic N) is 3. The lowest BCUT2D eigenvalue weighted by Gasteiger charge is -2.52. The molecule has 2 fully saturated rings. The molecule has 1 unspecified atom stereocenters. The molecule has 1 aromatic heterocycles. The number of aromatic nitrogens is 1. The van der Waals surface area contributed by atoms with Crippen molar-refractivity contribution < 1.29 is 17.9 Å². The van der Waals surface area contributed by atoms with Crippen molar-refractivity contribution in [3.63, 3.8) is 0 Å². The van der Waals surface area contributed by atoms with Crippen LogP contribution in [-0.2, 0) is 21.2 Å². The minimum Gasteiger partial charge on any atom is -0.481 e. The number of hydrogen-bond donors (Lipinski definition) is 0. The van der Waals surface area contributed by atoms with E-state index in [1.165, 1.54) is 0 Å². The molecule has 0 spiro atoms. The Kier molecular flexibility index (Phi) is 9.19. The number of hydrogen-bond acceptors (Lipinski definition) is 5.